The summed E-state index contributed by atoms with van der Waals surface area (Å²) in [6.07, 6.45) is 1.95. The van der Waals surface area contributed by atoms with Crippen molar-refractivity contribution < 1.29 is 17.9 Å². The molecule has 170 valence electrons. The zero-order valence-electron chi connectivity index (χ0n) is 19.0. The van der Waals surface area contributed by atoms with Crippen molar-refractivity contribution in [2.45, 2.75) is 37.5 Å². The van der Waals surface area contributed by atoms with Gasteiger partial charge in [-0.3, -0.25) is 4.79 Å². The predicted octanol–water partition coefficient (Wildman–Crippen LogP) is 4.97. The molecular formula is C23H32N2O4S2. The Morgan fingerprint density at radius 3 is 2.10 bits per heavy atom. The number of ether oxygens (including phenoxy) is 1. The van der Waals surface area contributed by atoms with Crippen LogP contribution in [0.25, 0.3) is 0 Å². The molecule has 0 aliphatic rings. The Morgan fingerprint density at radius 2 is 1.61 bits per heavy atom. The van der Waals surface area contributed by atoms with Crippen molar-refractivity contribution >= 4 is 33.4 Å². The fourth-order valence-corrected chi connectivity index (χ4v) is 5.33. The summed E-state index contributed by atoms with van der Waals surface area (Å²) in [4.78, 5) is 13.9. The summed E-state index contributed by atoms with van der Waals surface area (Å²) < 4.78 is 33.1. The van der Waals surface area contributed by atoms with Crippen molar-refractivity contribution in [3.63, 3.8) is 0 Å². The first-order valence-electron chi connectivity index (χ1n) is 10.2. The third-order valence-electron chi connectivity index (χ3n) is 4.54. The predicted molar refractivity (Wildman–Crippen MR) is 128 cm³/mol. The number of sulfonamides is 1. The molecule has 2 aromatic carbocycles. The first-order chi connectivity index (χ1) is 14.6. The lowest BCUT2D eigenvalue weighted by atomic mass is 10.2. The summed E-state index contributed by atoms with van der Waals surface area (Å²) in [5, 5.41) is 2.81. The van der Waals surface area contributed by atoms with Crippen molar-refractivity contribution in [2.24, 2.45) is 11.8 Å². The lowest BCUT2D eigenvalue weighted by molar-refractivity contribution is 0.102. The molecule has 0 saturated carbocycles. The van der Waals surface area contributed by atoms with Crippen LogP contribution in [0.2, 0.25) is 0 Å². The number of benzene rings is 2. The molecule has 6 nitrogen and oxygen atoms in total. The van der Waals surface area contributed by atoms with Crippen LogP contribution < -0.4 is 10.1 Å². The van der Waals surface area contributed by atoms with Crippen molar-refractivity contribution in [3.8, 4) is 5.75 Å². The van der Waals surface area contributed by atoms with E-state index in [1.165, 1.54) is 23.5 Å². The molecule has 0 unspecified atom stereocenters. The molecular weight excluding hydrogens is 432 g/mol. The first kappa shape index (κ1) is 25.2. The molecule has 8 heteroatoms. The monoisotopic (exact) mass is 464 g/mol. The third kappa shape index (κ3) is 6.72. The fraction of sp³-hybridized carbons (Fsp3) is 0.435. The van der Waals surface area contributed by atoms with Crippen LogP contribution >= 0.6 is 11.8 Å². The van der Waals surface area contributed by atoms with E-state index in [0.717, 1.165) is 4.90 Å². The van der Waals surface area contributed by atoms with Crippen molar-refractivity contribution in [3.05, 3.63) is 48.0 Å². The molecule has 0 bridgehead atoms. The summed E-state index contributed by atoms with van der Waals surface area (Å²) in [5.41, 5.74) is 0.927. The summed E-state index contributed by atoms with van der Waals surface area (Å²) in [6.45, 7) is 8.93. The Balaban J connectivity index is 2.22. The Hall–Kier alpha value is -2.03. The number of nitrogens with one attached hydrogen (secondary N) is 1. The molecule has 1 N–H and O–H groups in total. The average molecular weight is 465 g/mol. The van der Waals surface area contributed by atoms with Crippen LogP contribution in [0.3, 0.4) is 0 Å². The van der Waals surface area contributed by atoms with Crippen LogP contribution in [0.5, 0.6) is 5.75 Å². The van der Waals surface area contributed by atoms with E-state index in [1.807, 2.05) is 46.1 Å². The average Bonchev–Trinajstić information content (AvgIpc) is 2.72. The maximum atomic E-state index is 13.1. The van der Waals surface area contributed by atoms with Gasteiger partial charge in [-0.05, 0) is 60.6 Å². The second-order valence-electron chi connectivity index (χ2n) is 8.15. The molecule has 0 aliphatic carbocycles. The van der Waals surface area contributed by atoms with Crippen LogP contribution in [0, 0.1) is 11.8 Å². The molecule has 0 fully saturated rings. The van der Waals surface area contributed by atoms with Crippen molar-refractivity contribution in [2.75, 3.05) is 31.8 Å². The van der Waals surface area contributed by atoms with Gasteiger partial charge >= 0.3 is 0 Å². The van der Waals surface area contributed by atoms with Gasteiger partial charge in [-0.25, -0.2) is 8.42 Å². The van der Waals surface area contributed by atoms with Gasteiger partial charge in [0.05, 0.1) is 17.6 Å². The SMILES string of the molecule is COc1cc(SC)ccc1C(=O)Nc1ccc(S(=O)(=O)N(CC(C)C)CC(C)C)cc1. The second-order valence-corrected chi connectivity index (χ2v) is 11.0. The molecule has 2 rings (SSSR count). The summed E-state index contributed by atoms with van der Waals surface area (Å²) in [7, 11) is -2.08. The number of anilines is 1. The van der Waals surface area contributed by atoms with Gasteiger partial charge in [0.25, 0.3) is 5.91 Å². The van der Waals surface area contributed by atoms with E-state index in [0.29, 0.717) is 30.1 Å². The number of hydrogen-bond acceptors (Lipinski definition) is 5. The maximum absolute atomic E-state index is 13.1. The number of hydrogen-bond donors (Lipinski definition) is 1. The van der Waals surface area contributed by atoms with Gasteiger partial charge in [0, 0.05) is 23.7 Å². The quantitative estimate of drug-likeness (QED) is 0.502. The molecule has 0 spiro atoms. The Kier molecular flexibility index (Phi) is 8.97. The molecule has 0 atom stereocenters. The van der Waals surface area contributed by atoms with Crippen LogP contribution in [-0.4, -0.2) is 45.1 Å². The van der Waals surface area contributed by atoms with Gasteiger partial charge in [-0.2, -0.15) is 4.31 Å². The normalized spacial score (nSPS) is 11.9. The second kappa shape index (κ2) is 11.0. The van der Waals surface area contributed by atoms with Gasteiger partial charge in [0.1, 0.15) is 5.75 Å². The van der Waals surface area contributed by atoms with Crippen LogP contribution in [-0.2, 0) is 10.0 Å². The van der Waals surface area contributed by atoms with Crippen LogP contribution in [0.1, 0.15) is 38.1 Å². The highest BCUT2D eigenvalue weighted by Crippen LogP contribution is 2.27. The standard InChI is InChI=1S/C23H32N2O4S2/c1-16(2)14-25(15-17(3)4)31(27,28)20-10-7-18(8-11-20)24-23(26)21-12-9-19(30-6)13-22(21)29-5/h7-13,16-17H,14-15H2,1-6H3,(H,24,26). The molecule has 0 radical (unpaired) electrons. The number of rotatable bonds is 10. The topological polar surface area (TPSA) is 75.7 Å². The van der Waals surface area contributed by atoms with Gasteiger partial charge in [-0.15, -0.1) is 11.8 Å². The summed E-state index contributed by atoms with van der Waals surface area (Å²) >= 11 is 1.56. The van der Waals surface area contributed by atoms with Crippen LogP contribution in [0.15, 0.2) is 52.3 Å². The van der Waals surface area contributed by atoms with Crippen molar-refractivity contribution in [1.82, 2.24) is 4.31 Å². The number of methoxy groups -OCH3 is 1. The highest BCUT2D eigenvalue weighted by molar-refractivity contribution is 7.98. The van der Waals surface area contributed by atoms with Crippen LogP contribution in [0.4, 0.5) is 5.69 Å². The van der Waals surface area contributed by atoms with Gasteiger partial charge < -0.3 is 10.1 Å². The van der Waals surface area contributed by atoms with Gasteiger partial charge in [-0.1, -0.05) is 27.7 Å². The summed E-state index contributed by atoms with van der Waals surface area (Å²) in [6, 6.07) is 11.7. The van der Waals surface area contributed by atoms with E-state index in [1.54, 1.807) is 30.0 Å². The lowest BCUT2D eigenvalue weighted by Gasteiger charge is -2.25. The molecule has 0 aliphatic heterocycles. The van der Waals surface area contributed by atoms with E-state index in [4.69, 9.17) is 4.74 Å². The van der Waals surface area contributed by atoms with E-state index in [9.17, 15) is 13.2 Å². The number of thioether (sulfide) groups is 1. The lowest BCUT2D eigenvalue weighted by Crippen LogP contribution is -2.37. The van der Waals surface area contributed by atoms with E-state index in [2.05, 4.69) is 5.32 Å². The number of carbonyl (C=O) groups excluding carboxylic acids is 1. The number of amides is 1. The number of carbonyl (C=O) groups is 1. The molecule has 1 amide bonds. The zero-order valence-corrected chi connectivity index (χ0v) is 20.6. The number of nitrogens with zero attached hydrogens (tertiary/aromatic N) is 1. The fourth-order valence-electron chi connectivity index (χ4n) is 3.13. The van der Waals surface area contributed by atoms with Crippen molar-refractivity contribution in [1.29, 1.82) is 0 Å². The minimum Gasteiger partial charge on any atom is -0.496 e. The zero-order chi connectivity index (χ0) is 23.2. The maximum Gasteiger partial charge on any atom is 0.259 e. The largest absolute Gasteiger partial charge is 0.496 e. The highest BCUT2D eigenvalue weighted by atomic mass is 32.2. The Labute approximate surface area is 190 Å². The highest BCUT2D eigenvalue weighted by Gasteiger charge is 2.26. The molecule has 0 aromatic heterocycles. The molecule has 31 heavy (non-hydrogen) atoms. The Morgan fingerprint density at radius 1 is 1.03 bits per heavy atom. The molecule has 0 heterocycles. The minimum absolute atomic E-state index is 0.216. The third-order valence-corrected chi connectivity index (χ3v) is 7.11. The van der Waals surface area contributed by atoms with E-state index < -0.39 is 10.0 Å². The smallest absolute Gasteiger partial charge is 0.259 e. The van der Waals surface area contributed by atoms with Gasteiger partial charge in [0.2, 0.25) is 10.0 Å². The van der Waals surface area contributed by atoms with E-state index >= 15 is 0 Å². The minimum atomic E-state index is -3.61. The summed E-state index contributed by atoms with van der Waals surface area (Å²) in [5.74, 6) is 0.613. The Bertz CT molecular complexity index is 977. The van der Waals surface area contributed by atoms with Gasteiger partial charge in [0.15, 0.2) is 0 Å². The molecule has 0 saturated heterocycles. The molecule has 2 aromatic rings. The first-order valence-corrected chi connectivity index (χ1v) is 12.9. The van der Waals surface area contributed by atoms with E-state index in [-0.39, 0.29) is 22.6 Å².